The highest BCUT2D eigenvalue weighted by Gasteiger charge is 2.25. The minimum absolute atomic E-state index is 0.174. The molecule has 9 heteroatoms. The molecule has 3 heterocycles. The Hall–Kier alpha value is -4.40. The highest BCUT2D eigenvalue weighted by molar-refractivity contribution is 5.89. The van der Waals surface area contributed by atoms with Crippen LogP contribution in [0.5, 0.6) is 5.75 Å². The number of anilines is 2. The van der Waals surface area contributed by atoms with Crippen LogP contribution in [0.25, 0.3) is 11.2 Å². The number of aromatic nitrogens is 3. The van der Waals surface area contributed by atoms with Crippen molar-refractivity contribution < 1.29 is 9.53 Å². The number of hydrogen-bond donors (Lipinski definition) is 1. The van der Waals surface area contributed by atoms with Crippen LogP contribution < -0.4 is 20.5 Å². The van der Waals surface area contributed by atoms with Crippen LogP contribution in [0.3, 0.4) is 0 Å². The van der Waals surface area contributed by atoms with Gasteiger partial charge in [-0.3, -0.25) is 9.36 Å². The van der Waals surface area contributed by atoms with Crippen molar-refractivity contribution in [2.45, 2.75) is 13.5 Å². The van der Waals surface area contributed by atoms with E-state index in [9.17, 15) is 9.59 Å². The van der Waals surface area contributed by atoms with Gasteiger partial charge in [-0.1, -0.05) is 29.8 Å². The van der Waals surface area contributed by atoms with E-state index in [-0.39, 0.29) is 11.6 Å². The number of carbonyl (C=O) groups is 1. The van der Waals surface area contributed by atoms with Gasteiger partial charge in [-0.15, -0.1) is 0 Å². The molecule has 0 spiro atoms. The SMILES string of the molecule is COc1ccc(NC(=O)N2CCN(c3nc4cccnc4n(Cc4ccc(C)cc4)c3=O)CC2)cc1. The van der Waals surface area contributed by atoms with E-state index in [4.69, 9.17) is 4.74 Å². The summed E-state index contributed by atoms with van der Waals surface area (Å²) < 4.78 is 6.85. The van der Waals surface area contributed by atoms with E-state index in [0.29, 0.717) is 55.4 Å². The van der Waals surface area contributed by atoms with Gasteiger partial charge in [0.2, 0.25) is 0 Å². The van der Waals surface area contributed by atoms with Gasteiger partial charge < -0.3 is 19.9 Å². The number of methoxy groups -OCH3 is 1. The maximum atomic E-state index is 13.6. The monoisotopic (exact) mass is 484 g/mol. The fourth-order valence-corrected chi connectivity index (χ4v) is 4.29. The number of nitrogens with zero attached hydrogens (tertiary/aromatic N) is 5. The topological polar surface area (TPSA) is 92.6 Å². The predicted octanol–water partition coefficient (Wildman–Crippen LogP) is 3.51. The molecule has 1 fully saturated rings. The van der Waals surface area contributed by atoms with Gasteiger partial charge in [-0.2, -0.15) is 0 Å². The molecular weight excluding hydrogens is 456 g/mol. The Bertz CT molecular complexity index is 1430. The van der Waals surface area contributed by atoms with Gasteiger partial charge in [-0.25, -0.2) is 14.8 Å². The van der Waals surface area contributed by atoms with Crippen LogP contribution in [0.4, 0.5) is 16.3 Å². The molecule has 9 nitrogen and oxygen atoms in total. The molecule has 0 unspecified atom stereocenters. The van der Waals surface area contributed by atoms with Crippen LogP contribution in [0, 0.1) is 6.92 Å². The number of fused-ring (bicyclic) bond motifs is 1. The summed E-state index contributed by atoms with van der Waals surface area (Å²) in [6, 6.07) is 18.8. The van der Waals surface area contributed by atoms with Crippen LogP contribution >= 0.6 is 0 Å². The lowest BCUT2D eigenvalue weighted by atomic mass is 10.1. The third kappa shape index (κ3) is 4.86. The fraction of sp³-hybridized carbons (Fsp3) is 0.259. The van der Waals surface area contributed by atoms with Crippen molar-refractivity contribution in [1.82, 2.24) is 19.4 Å². The molecule has 4 aromatic rings. The van der Waals surface area contributed by atoms with Gasteiger partial charge in [-0.05, 0) is 48.9 Å². The molecule has 36 heavy (non-hydrogen) atoms. The normalized spacial score (nSPS) is 13.6. The van der Waals surface area contributed by atoms with Gasteiger partial charge >= 0.3 is 6.03 Å². The second kappa shape index (κ2) is 10.1. The van der Waals surface area contributed by atoms with Gasteiger partial charge in [0.15, 0.2) is 11.5 Å². The van der Waals surface area contributed by atoms with Crippen molar-refractivity contribution >= 4 is 28.7 Å². The zero-order valence-corrected chi connectivity index (χ0v) is 20.3. The number of carbonyl (C=O) groups excluding carboxylic acids is 1. The minimum Gasteiger partial charge on any atom is -0.497 e. The smallest absolute Gasteiger partial charge is 0.321 e. The van der Waals surface area contributed by atoms with Gasteiger partial charge in [0, 0.05) is 38.1 Å². The quantitative estimate of drug-likeness (QED) is 0.466. The number of ether oxygens (including phenoxy) is 1. The number of aryl methyl sites for hydroxylation is 1. The average molecular weight is 485 g/mol. The lowest BCUT2D eigenvalue weighted by molar-refractivity contribution is 0.208. The highest BCUT2D eigenvalue weighted by atomic mass is 16.5. The number of urea groups is 1. The van der Waals surface area contributed by atoms with Gasteiger partial charge in [0.25, 0.3) is 5.56 Å². The largest absolute Gasteiger partial charge is 0.497 e. The molecule has 0 saturated carbocycles. The molecule has 5 rings (SSSR count). The number of piperazine rings is 1. The van der Waals surface area contributed by atoms with E-state index < -0.39 is 0 Å². The van der Waals surface area contributed by atoms with Crippen molar-refractivity contribution in [3.63, 3.8) is 0 Å². The van der Waals surface area contributed by atoms with E-state index in [1.54, 1.807) is 47.0 Å². The molecular formula is C27H28N6O3. The molecule has 1 aliphatic rings. The Kier molecular flexibility index (Phi) is 6.53. The highest BCUT2D eigenvalue weighted by Crippen LogP contribution is 2.18. The lowest BCUT2D eigenvalue weighted by Crippen LogP contribution is -2.51. The first-order valence-electron chi connectivity index (χ1n) is 11.9. The van der Waals surface area contributed by atoms with E-state index in [1.807, 2.05) is 48.2 Å². The molecule has 2 aromatic heterocycles. The summed E-state index contributed by atoms with van der Waals surface area (Å²) >= 11 is 0. The lowest BCUT2D eigenvalue weighted by Gasteiger charge is -2.35. The zero-order chi connectivity index (χ0) is 25.1. The second-order valence-corrected chi connectivity index (χ2v) is 8.79. The Balaban J connectivity index is 1.34. The number of rotatable bonds is 5. The third-order valence-electron chi connectivity index (χ3n) is 6.35. The van der Waals surface area contributed by atoms with Crippen molar-refractivity contribution in [3.05, 3.63) is 88.3 Å². The molecule has 1 N–H and O–H groups in total. The molecule has 1 saturated heterocycles. The summed E-state index contributed by atoms with van der Waals surface area (Å²) in [7, 11) is 1.60. The molecule has 0 aliphatic carbocycles. The van der Waals surface area contributed by atoms with Crippen LogP contribution in [-0.2, 0) is 6.54 Å². The van der Waals surface area contributed by atoms with Crippen molar-refractivity contribution in [3.8, 4) is 5.75 Å². The molecule has 1 aliphatic heterocycles. The first-order valence-corrected chi connectivity index (χ1v) is 11.9. The van der Waals surface area contributed by atoms with E-state index in [2.05, 4.69) is 15.3 Å². The van der Waals surface area contributed by atoms with E-state index >= 15 is 0 Å². The molecule has 184 valence electrons. The number of hydrogen-bond acceptors (Lipinski definition) is 6. The van der Waals surface area contributed by atoms with Crippen LogP contribution in [-0.4, -0.2) is 58.8 Å². The standard InChI is InChI=1S/C27H28N6O3/c1-19-5-7-20(8-6-19)18-33-24-23(4-3-13-28-24)30-25(26(33)34)31-14-16-32(17-15-31)27(35)29-21-9-11-22(36-2)12-10-21/h3-13H,14-18H2,1-2H3,(H,29,35). The fourth-order valence-electron chi connectivity index (χ4n) is 4.29. The zero-order valence-electron chi connectivity index (χ0n) is 20.3. The maximum Gasteiger partial charge on any atom is 0.321 e. The maximum absolute atomic E-state index is 13.6. The number of pyridine rings is 1. The predicted molar refractivity (Wildman–Crippen MR) is 140 cm³/mol. The Morgan fingerprint density at radius 1 is 1.00 bits per heavy atom. The minimum atomic E-state index is -0.182. The first-order chi connectivity index (χ1) is 17.5. The Morgan fingerprint density at radius 2 is 1.72 bits per heavy atom. The number of amides is 2. The third-order valence-corrected chi connectivity index (χ3v) is 6.35. The van der Waals surface area contributed by atoms with Crippen molar-refractivity contribution in [2.24, 2.45) is 0 Å². The Morgan fingerprint density at radius 3 is 2.42 bits per heavy atom. The average Bonchev–Trinajstić information content (AvgIpc) is 2.92. The first kappa shape index (κ1) is 23.3. The summed E-state index contributed by atoms with van der Waals surface area (Å²) in [5.74, 6) is 1.12. The molecule has 0 radical (unpaired) electrons. The summed E-state index contributed by atoms with van der Waals surface area (Å²) in [5, 5.41) is 2.92. The molecule has 2 amide bonds. The van der Waals surface area contributed by atoms with Crippen molar-refractivity contribution in [1.29, 1.82) is 0 Å². The summed E-state index contributed by atoms with van der Waals surface area (Å²) in [4.78, 5) is 39.2. The summed E-state index contributed by atoms with van der Waals surface area (Å²) in [5.41, 5.74) is 3.93. The van der Waals surface area contributed by atoms with E-state index in [1.165, 1.54) is 5.56 Å². The summed E-state index contributed by atoms with van der Waals surface area (Å²) in [6.45, 7) is 4.42. The molecule has 0 bridgehead atoms. The van der Waals surface area contributed by atoms with Crippen molar-refractivity contribution in [2.75, 3.05) is 43.5 Å². The van der Waals surface area contributed by atoms with Crippen LogP contribution in [0.15, 0.2) is 71.7 Å². The van der Waals surface area contributed by atoms with Gasteiger partial charge in [0.05, 0.1) is 13.7 Å². The van der Waals surface area contributed by atoms with E-state index in [0.717, 1.165) is 11.3 Å². The molecule has 0 atom stereocenters. The summed E-state index contributed by atoms with van der Waals surface area (Å²) in [6.07, 6.45) is 1.68. The van der Waals surface area contributed by atoms with Crippen LogP contribution in [0.1, 0.15) is 11.1 Å². The van der Waals surface area contributed by atoms with Gasteiger partial charge in [0.1, 0.15) is 11.3 Å². The van der Waals surface area contributed by atoms with Crippen LogP contribution in [0.2, 0.25) is 0 Å². The Labute approximate surface area is 209 Å². The molecule has 2 aromatic carbocycles. The number of nitrogens with one attached hydrogen (secondary N) is 1. The number of benzene rings is 2. The second-order valence-electron chi connectivity index (χ2n) is 8.79.